The third kappa shape index (κ3) is 4.28. The van der Waals surface area contributed by atoms with Gasteiger partial charge in [-0.15, -0.1) is 22.7 Å². The number of hydrogen-bond acceptors (Lipinski definition) is 8. The molecule has 0 aliphatic carbocycles. The van der Waals surface area contributed by atoms with E-state index < -0.39 is 5.60 Å². The Hall–Kier alpha value is -3.59. The molecule has 0 amide bonds. The molecule has 2 unspecified atom stereocenters. The molecule has 1 saturated heterocycles. The predicted molar refractivity (Wildman–Crippen MR) is 151 cm³/mol. The average molecular weight is 540 g/mol. The van der Waals surface area contributed by atoms with Crippen LogP contribution < -0.4 is 0 Å². The minimum Gasteiger partial charge on any atom is -0.491 e. The number of thiazole rings is 2. The van der Waals surface area contributed by atoms with Crippen molar-refractivity contribution in [1.82, 2.24) is 15.0 Å². The molecule has 0 bridgehead atoms. The van der Waals surface area contributed by atoms with Gasteiger partial charge in [-0.05, 0) is 68.2 Å². The Morgan fingerprint density at radius 2 is 1.68 bits per heavy atom. The lowest BCUT2D eigenvalue weighted by atomic mass is 9.98. The molecule has 2 aliphatic heterocycles. The number of rotatable bonds is 3. The molecule has 4 aromatic heterocycles. The van der Waals surface area contributed by atoms with Gasteiger partial charge in [-0.3, -0.25) is 4.98 Å². The maximum absolute atomic E-state index is 6.20. The van der Waals surface area contributed by atoms with Gasteiger partial charge in [0.2, 0.25) is 0 Å². The molecule has 8 rings (SSSR count). The summed E-state index contributed by atoms with van der Waals surface area (Å²) in [5.41, 5.74) is 3.16. The van der Waals surface area contributed by atoms with Crippen molar-refractivity contribution in [2.45, 2.75) is 37.4 Å². The van der Waals surface area contributed by atoms with Crippen LogP contribution in [0, 0.1) is 0 Å². The van der Waals surface area contributed by atoms with E-state index in [-0.39, 0.29) is 6.10 Å². The molecule has 0 saturated carbocycles. The lowest BCUT2D eigenvalue weighted by Crippen LogP contribution is -2.25. The van der Waals surface area contributed by atoms with E-state index >= 15 is 0 Å². The highest BCUT2D eigenvalue weighted by Gasteiger charge is 2.45. The van der Waals surface area contributed by atoms with E-state index in [0.717, 1.165) is 70.2 Å². The van der Waals surface area contributed by atoms with Crippen LogP contribution in [0.3, 0.4) is 0 Å². The molecule has 1 fully saturated rings. The van der Waals surface area contributed by atoms with E-state index in [4.69, 9.17) is 18.9 Å². The van der Waals surface area contributed by atoms with Crippen molar-refractivity contribution < 1.29 is 13.9 Å². The first kappa shape index (κ1) is 23.5. The topological polar surface area (TPSA) is 70.3 Å². The predicted octanol–water partition coefficient (Wildman–Crippen LogP) is 8.15. The van der Waals surface area contributed by atoms with Crippen molar-refractivity contribution in [3.05, 3.63) is 101 Å². The monoisotopic (exact) mass is 539 g/mol. The van der Waals surface area contributed by atoms with Crippen molar-refractivity contribution in [2.24, 2.45) is 0 Å². The van der Waals surface area contributed by atoms with Crippen LogP contribution in [0.1, 0.15) is 47.6 Å². The smallest absolute Gasteiger partial charge is 0.177 e. The second kappa shape index (κ2) is 9.94. The fourth-order valence-corrected chi connectivity index (χ4v) is 7.15. The first-order chi connectivity index (χ1) is 18.8. The zero-order valence-corrected chi connectivity index (χ0v) is 22.2. The number of fused-ring (bicyclic) bond motifs is 3. The van der Waals surface area contributed by atoms with Crippen LogP contribution in [-0.4, -0.2) is 21.6 Å². The molecule has 6 aromatic rings. The number of aromatic nitrogens is 3. The Bertz CT molecular complexity index is 1570. The highest BCUT2D eigenvalue weighted by molar-refractivity contribution is 7.19. The zero-order chi connectivity index (χ0) is 25.4. The van der Waals surface area contributed by atoms with Gasteiger partial charge in [0, 0.05) is 18.9 Å². The number of hydrogen-bond donors (Lipinski definition) is 0. The summed E-state index contributed by atoms with van der Waals surface area (Å²) in [5, 5.41) is 2.07. The van der Waals surface area contributed by atoms with E-state index in [2.05, 4.69) is 28.2 Å². The summed E-state index contributed by atoms with van der Waals surface area (Å²) in [6.45, 7) is 0.723. The summed E-state index contributed by atoms with van der Waals surface area (Å²) in [5.74, 6) is 0.808. The molecule has 8 heteroatoms. The quantitative estimate of drug-likeness (QED) is 0.226. The number of pyridine rings is 1. The van der Waals surface area contributed by atoms with Gasteiger partial charge < -0.3 is 13.9 Å². The maximum Gasteiger partial charge on any atom is 0.177 e. The van der Waals surface area contributed by atoms with Gasteiger partial charge in [-0.1, -0.05) is 24.3 Å². The third-order valence-corrected chi connectivity index (χ3v) is 9.17. The highest BCUT2D eigenvalue weighted by atomic mass is 32.1. The first-order valence-corrected chi connectivity index (χ1v) is 14.4. The van der Waals surface area contributed by atoms with E-state index in [9.17, 15) is 0 Å². The second-order valence-corrected chi connectivity index (χ2v) is 11.4. The molecule has 38 heavy (non-hydrogen) atoms. The Kier molecular flexibility index (Phi) is 6.15. The van der Waals surface area contributed by atoms with Crippen molar-refractivity contribution in [3.63, 3.8) is 0 Å². The van der Waals surface area contributed by atoms with Crippen LogP contribution in [0.5, 0.6) is 0 Å². The van der Waals surface area contributed by atoms with Gasteiger partial charge >= 0.3 is 0 Å². The Morgan fingerprint density at radius 3 is 2.39 bits per heavy atom. The minimum absolute atomic E-state index is 0.160. The van der Waals surface area contributed by atoms with Gasteiger partial charge in [0.25, 0.3) is 0 Å². The normalized spacial score (nSPS) is 21.0. The fourth-order valence-electron chi connectivity index (χ4n) is 4.97. The van der Waals surface area contributed by atoms with E-state index in [1.54, 1.807) is 35.1 Å². The largest absolute Gasteiger partial charge is 0.491 e. The van der Waals surface area contributed by atoms with Crippen molar-refractivity contribution in [3.8, 4) is 0 Å². The molecule has 6 heterocycles. The van der Waals surface area contributed by atoms with Crippen LogP contribution in [0.2, 0.25) is 0 Å². The van der Waals surface area contributed by atoms with Crippen LogP contribution >= 0.6 is 22.7 Å². The van der Waals surface area contributed by atoms with Gasteiger partial charge in [0.05, 0.1) is 26.7 Å². The second-order valence-electron chi connectivity index (χ2n) is 9.36. The third-order valence-electron chi connectivity index (χ3n) is 6.87. The zero-order valence-electron chi connectivity index (χ0n) is 20.6. The number of furan rings is 1. The van der Waals surface area contributed by atoms with Crippen molar-refractivity contribution in [2.75, 3.05) is 6.61 Å². The van der Waals surface area contributed by atoms with Crippen LogP contribution in [0.25, 0.3) is 31.5 Å². The number of allylic oxidation sites excluding steroid dienone is 1. The fraction of sp³-hybridized carbons (Fsp3) is 0.233. The number of ether oxygens (including phenoxy) is 2. The van der Waals surface area contributed by atoms with Gasteiger partial charge in [-0.2, -0.15) is 0 Å². The van der Waals surface area contributed by atoms with Crippen LogP contribution in [0.15, 0.2) is 89.7 Å². The molecule has 2 aromatic carbocycles. The Labute approximate surface area is 227 Å². The lowest BCUT2D eigenvalue weighted by Gasteiger charge is -2.23. The first-order valence-electron chi connectivity index (χ1n) is 12.8. The molecule has 190 valence electrons. The summed E-state index contributed by atoms with van der Waals surface area (Å²) >= 11 is 3.42. The molecule has 2 atom stereocenters. The Balaban J connectivity index is 0.000000140. The number of para-hydroxylation sites is 2. The van der Waals surface area contributed by atoms with E-state index in [0.29, 0.717) is 0 Å². The van der Waals surface area contributed by atoms with Crippen LogP contribution in [-0.2, 0) is 15.1 Å². The van der Waals surface area contributed by atoms with Crippen LogP contribution in [0.4, 0.5) is 0 Å². The highest BCUT2D eigenvalue weighted by Crippen LogP contribution is 2.46. The van der Waals surface area contributed by atoms with E-state index in [1.165, 1.54) is 9.40 Å². The molecule has 6 nitrogen and oxygen atoms in total. The average Bonchev–Trinajstić information content (AvgIpc) is 3.78. The number of benzene rings is 2. The van der Waals surface area contributed by atoms with Crippen molar-refractivity contribution >= 4 is 54.2 Å². The SMILES string of the molecule is C1=COC(c2nc3ccccc3s2)CC1.c1ccc2sc(C3(c4cc5ncccc5o4)CCCO3)nc2c1. The molecule has 0 radical (unpaired) electrons. The molecular formula is C30H25N3O3S2. The minimum atomic E-state index is -0.579. The van der Waals surface area contributed by atoms with Gasteiger partial charge in [0.15, 0.2) is 11.2 Å². The van der Waals surface area contributed by atoms with Gasteiger partial charge in [0.1, 0.15) is 27.4 Å². The molecule has 2 aliphatic rings. The standard InChI is InChI=1S/C18H14N2O2S.C12H11NOS/c1-2-7-15-12(5-1)20-17(23-15)18(8-4-10-21-18)16-11-13-14(22-16)6-3-9-19-13;1-2-7-11-9(5-1)13-12(15-11)10-6-3-4-8-14-10/h1-3,5-7,9,11H,4,8,10H2;1-2,4-5,7-8,10H,3,6H2. The van der Waals surface area contributed by atoms with Crippen molar-refractivity contribution in [1.29, 1.82) is 0 Å². The summed E-state index contributed by atoms with van der Waals surface area (Å²) < 4.78 is 20.3. The molecular weight excluding hydrogens is 514 g/mol. The summed E-state index contributed by atoms with van der Waals surface area (Å²) in [6, 6.07) is 22.2. The molecule has 0 spiro atoms. The summed E-state index contributed by atoms with van der Waals surface area (Å²) in [6.07, 6.45) is 9.79. The van der Waals surface area contributed by atoms with Gasteiger partial charge in [-0.25, -0.2) is 9.97 Å². The van der Waals surface area contributed by atoms with E-state index in [1.807, 2.05) is 54.6 Å². The Morgan fingerprint density at radius 1 is 0.868 bits per heavy atom. The maximum atomic E-state index is 6.20. The summed E-state index contributed by atoms with van der Waals surface area (Å²) in [4.78, 5) is 13.8. The number of nitrogens with zero attached hydrogens (tertiary/aromatic N) is 3. The lowest BCUT2D eigenvalue weighted by molar-refractivity contribution is 0.0193. The summed E-state index contributed by atoms with van der Waals surface area (Å²) in [7, 11) is 0. The molecule has 0 N–H and O–H groups in total.